The fourth-order valence-corrected chi connectivity index (χ4v) is 9.55. The van der Waals surface area contributed by atoms with Gasteiger partial charge in [-0.15, -0.1) is 0 Å². The molecule has 0 unspecified atom stereocenters. The highest BCUT2D eigenvalue weighted by Gasteiger charge is 2.22. The summed E-state index contributed by atoms with van der Waals surface area (Å²) in [5.74, 6) is 2.43. The number of aromatic nitrogens is 7. The lowest BCUT2D eigenvalue weighted by atomic mass is 10.0. The van der Waals surface area contributed by atoms with Crippen molar-refractivity contribution in [1.82, 2.24) is 34.1 Å². The van der Waals surface area contributed by atoms with E-state index in [1.165, 1.54) is 0 Å². The van der Waals surface area contributed by atoms with E-state index < -0.39 is 0 Å². The van der Waals surface area contributed by atoms with Gasteiger partial charge < -0.3 is 4.57 Å². The van der Waals surface area contributed by atoms with Crippen molar-refractivity contribution in [2.45, 2.75) is 0 Å². The number of rotatable bonds is 8. The van der Waals surface area contributed by atoms with Gasteiger partial charge in [0.2, 0.25) is 5.95 Å². The SMILES string of the molecule is c1ccc(-c2ccc(-c3nc(-c4ccccc4)nc(-n4c5ccccc5c5cc6c(cc54)c4ccccc4n6-c4cccc(-c5nc(-c6ccccc6)cc(-c6ccccc6)n5)c4)n3)cc2)cc1. The Morgan fingerprint density at radius 1 is 0.235 bits per heavy atom. The van der Waals surface area contributed by atoms with Crippen LogP contribution in [0.15, 0.2) is 237 Å². The van der Waals surface area contributed by atoms with Crippen LogP contribution in [0.25, 0.3) is 123 Å². The first kappa shape index (κ1) is 39.1. The van der Waals surface area contributed by atoms with Crippen LogP contribution < -0.4 is 0 Å². The Morgan fingerprint density at radius 3 is 1.22 bits per heavy atom. The van der Waals surface area contributed by atoms with Gasteiger partial charge in [-0.3, -0.25) is 4.57 Å². The van der Waals surface area contributed by atoms with Gasteiger partial charge in [0.15, 0.2) is 17.5 Å². The van der Waals surface area contributed by atoms with Gasteiger partial charge in [0.05, 0.1) is 33.5 Å². The van der Waals surface area contributed by atoms with Crippen LogP contribution in [0, 0.1) is 0 Å². The summed E-state index contributed by atoms with van der Waals surface area (Å²) in [6.07, 6.45) is 0. The number of para-hydroxylation sites is 2. The fraction of sp³-hybridized carbons (Fsp3) is 0. The summed E-state index contributed by atoms with van der Waals surface area (Å²) >= 11 is 0. The molecule has 4 heterocycles. The second kappa shape index (κ2) is 16.3. The van der Waals surface area contributed by atoms with E-state index in [2.05, 4.69) is 185 Å². The summed E-state index contributed by atoms with van der Waals surface area (Å²) in [5, 5.41) is 4.45. The molecule has 0 spiro atoms. The molecule has 0 aliphatic heterocycles. The third-order valence-corrected chi connectivity index (χ3v) is 12.8. The van der Waals surface area contributed by atoms with Crippen molar-refractivity contribution < 1.29 is 0 Å². The topological polar surface area (TPSA) is 74.3 Å². The van der Waals surface area contributed by atoms with E-state index in [0.717, 1.165) is 99.6 Å². The van der Waals surface area contributed by atoms with Crippen LogP contribution in [0.4, 0.5) is 0 Å². The van der Waals surface area contributed by atoms with E-state index in [1.54, 1.807) is 0 Å². The van der Waals surface area contributed by atoms with Crippen LogP contribution in [0.5, 0.6) is 0 Å². The normalized spacial score (nSPS) is 11.5. The average Bonchev–Trinajstić information content (AvgIpc) is 3.93. The first-order valence-electron chi connectivity index (χ1n) is 22.7. The predicted octanol–water partition coefficient (Wildman–Crippen LogP) is 14.9. The van der Waals surface area contributed by atoms with Gasteiger partial charge in [-0.2, -0.15) is 9.97 Å². The Bertz CT molecular complexity index is 3940. The van der Waals surface area contributed by atoms with E-state index in [9.17, 15) is 0 Å². The molecule has 68 heavy (non-hydrogen) atoms. The second-order valence-electron chi connectivity index (χ2n) is 16.9. The van der Waals surface area contributed by atoms with Gasteiger partial charge in [-0.05, 0) is 53.6 Å². The molecule has 4 aromatic heterocycles. The molecular formula is C61H39N7. The summed E-state index contributed by atoms with van der Waals surface area (Å²) in [6.45, 7) is 0. The molecule has 318 valence electrons. The minimum Gasteiger partial charge on any atom is -0.309 e. The monoisotopic (exact) mass is 869 g/mol. The van der Waals surface area contributed by atoms with E-state index in [1.807, 2.05) is 60.7 Å². The molecular weight excluding hydrogens is 831 g/mol. The maximum absolute atomic E-state index is 5.28. The molecule has 0 saturated carbocycles. The molecule has 9 aromatic carbocycles. The number of fused-ring (bicyclic) bond motifs is 6. The predicted molar refractivity (Wildman–Crippen MR) is 277 cm³/mol. The number of hydrogen-bond donors (Lipinski definition) is 0. The summed E-state index contributed by atoms with van der Waals surface area (Å²) in [7, 11) is 0. The van der Waals surface area contributed by atoms with Crippen LogP contribution in [0.2, 0.25) is 0 Å². The maximum atomic E-state index is 5.28. The Morgan fingerprint density at radius 2 is 0.647 bits per heavy atom. The lowest BCUT2D eigenvalue weighted by molar-refractivity contribution is 0.954. The lowest BCUT2D eigenvalue weighted by Crippen LogP contribution is -2.06. The smallest absolute Gasteiger partial charge is 0.238 e. The quantitative estimate of drug-likeness (QED) is 0.152. The summed E-state index contributed by atoms with van der Waals surface area (Å²) in [4.78, 5) is 26.0. The van der Waals surface area contributed by atoms with Crippen molar-refractivity contribution in [3.8, 4) is 79.4 Å². The molecule has 0 N–H and O–H groups in total. The van der Waals surface area contributed by atoms with Crippen LogP contribution in [-0.4, -0.2) is 34.1 Å². The molecule has 0 amide bonds. The first-order valence-corrected chi connectivity index (χ1v) is 22.7. The van der Waals surface area contributed by atoms with Crippen molar-refractivity contribution in [3.05, 3.63) is 237 Å². The fourth-order valence-electron chi connectivity index (χ4n) is 9.55. The largest absolute Gasteiger partial charge is 0.309 e. The Labute approximate surface area is 392 Å². The van der Waals surface area contributed by atoms with Gasteiger partial charge in [0.25, 0.3) is 0 Å². The van der Waals surface area contributed by atoms with Crippen molar-refractivity contribution >= 4 is 43.6 Å². The molecule has 0 aliphatic rings. The van der Waals surface area contributed by atoms with Crippen molar-refractivity contribution in [2.75, 3.05) is 0 Å². The van der Waals surface area contributed by atoms with Gasteiger partial charge in [-0.25, -0.2) is 15.0 Å². The number of hydrogen-bond acceptors (Lipinski definition) is 5. The molecule has 0 saturated heterocycles. The van der Waals surface area contributed by atoms with Crippen LogP contribution >= 0.6 is 0 Å². The number of benzene rings is 9. The van der Waals surface area contributed by atoms with Gasteiger partial charge in [0.1, 0.15) is 0 Å². The van der Waals surface area contributed by atoms with E-state index in [0.29, 0.717) is 23.4 Å². The van der Waals surface area contributed by atoms with E-state index in [4.69, 9.17) is 24.9 Å². The zero-order chi connectivity index (χ0) is 45.0. The minimum atomic E-state index is 0.551. The third kappa shape index (κ3) is 6.80. The van der Waals surface area contributed by atoms with E-state index >= 15 is 0 Å². The third-order valence-electron chi connectivity index (χ3n) is 12.8. The zero-order valence-electron chi connectivity index (χ0n) is 36.6. The molecule has 13 rings (SSSR count). The van der Waals surface area contributed by atoms with Gasteiger partial charge in [0, 0.05) is 55.0 Å². The molecule has 0 fully saturated rings. The standard InChI is InChI=1S/C61H39N7/c1-5-18-40(19-6-1)41-32-34-45(35-33-41)59-64-58(44-24-11-4-12-25-44)65-61(66-59)68-55-31-16-14-29-49(55)51-37-56-50(38-57(51)68)48-28-13-15-30-54(48)67(56)47-27-17-26-46(36-47)60-62-52(42-20-7-2-8-21-42)39-53(63-60)43-22-9-3-10-23-43/h1-39H. The molecule has 0 aliphatic carbocycles. The van der Waals surface area contributed by atoms with Crippen molar-refractivity contribution in [3.63, 3.8) is 0 Å². The summed E-state index contributed by atoms with van der Waals surface area (Å²) in [5.41, 5.74) is 14.1. The highest BCUT2D eigenvalue weighted by molar-refractivity contribution is 6.19. The van der Waals surface area contributed by atoms with Crippen LogP contribution in [-0.2, 0) is 0 Å². The van der Waals surface area contributed by atoms with Crippen LogP contribution in [0.1, 0.15) is 0 Å². The molecule has 7 heteroatoms. The summed E-state index contributed by atoms with van der Waals surface area (Å²) < 4.78 is 4.57. The first-order chi connectivity index (χ1) is 33.7. The van der Waals surface area contributed by atoms with Crippen molar-refractivity contribution in [2.24, 2.45) is 0 Å². The summed E-state index contributed by atoms with van der Waals surface area (Å²) in [6, 6.07) is 82.2. The number of nitrogens with zero attached hydrogens (tertiary/aromatic N) is 7. The average molecular weight is 870 g/mol. The maximum Gasteiger partial charge on any atom is 0.238 e. The Kier molecular flexibility index (Phi) is 9.35. The Hall–Kier alpha value is -9.33. The lowest BCUT2D eigenvalue weighted by Gasteiger charge is -2.12. The molecule has 0 radical (unpaired) electrons. The van der Waals surface area contributed by atoms with Crippen molar-refractivity contribution in [1.29, 1.82) is 0 Å². The second-order valence-corrected chi connectivity index (χ2v) is 16.9. The Balaban J connectivity index is 1.00. The van der Waals surface area contributed by atoms with Crippen LogP contribution in [0.3, 0.4) is 0 Å². The highest BCUT2D eigenvalue weighted by atomic mass is 15.2. The molecule has 7 nitrogen and oxygen atoms in total. The molecule has 0 bridgehead atoms. The van der Waals surface area contributed by atoms with Gasteiger partial charge >= 0.3 is 0 Å². The van der Waals surface area contributed by atoms with E-state index in [-0.39, 0.29) is 0 Å². The zero-order valence-corrected chi connectivity index (χ0v) is 36.6. The molecule has 0 atom stereocenters. The van der Waals surface area contributed by atoms with Gasteiger partial charge in [-0.1, -0.05) is 194 Å². The highest BCUT2D eigenvalue weighted by Crippen LogP contribution is 2.40. The molecule has 13 aromatic rings. The minimum absolute atomic E-state index is 0.551.